The minimum Gasteiger partial charge on any atom is -0.356 e. The van der Waals surface area contributed by atoms with Gasteiger partial charge >= 0.3 is 0 Å². The summed E-state index contributed by atoms with van der Waals surface area (Å²) in [6.07, 6.45) is 0.588. The highest BCUT2D eigenvalue weighted by molar-refractivity contribution is 7.86. The number of amides is 1. The van der Waals surface area contributed by atoms with Crippen molar-refractivity contribution in [2.75, 3.05) is 26.0 Å². The van der Waals surface area contributed by atoms with E-state index >= 15 is 0 Å². The lowest BCUT2D eigenvalue weighted by atomic mass is 10.2. The van der Waals surface area contributed by atoms with Crippen LogP contribution in [0.2, 0.25) is 0 Å². The average Bonchev–Trinajstić information content (AvgIpc) is 3.24. The fraction of sp³-hybridized carbons (Fsp3) is 0.353. The summed E-state index contributed by atoms with van der Waals surface area (Å²) >= 11 is 1.30. The third kappa shape index (κ3) is 3.53. The number of aromatic nitrogens is 2. The smallest absolute Gasteiger partial charge is 0.281 e. The molecule has 1 aliphatic rings. The van der Waals surface area contributed by atoms with E-state index in [1.807, 2.05) is 18.2 Å². The van der Waals surface area contributed by atoms with E-state index in [0.29, 0.717) is 29.4 Å². The van der Waals surface area contributed by atoms with Crippen LogP contribution in [0, 0.1) is 0 Å². The number of hydrogen-bond donors (Lipinski definition) is 1. The van der Waals surface area contributed by atoms with Gasteiger partial charge in [-0.1, -0.05) is 17.3 Å². The van der Waals surface area contributed by atoms with E-state index in [-0.39, 0.29) is 18.9 Å². The van der Waals surface area contributed by atoms with Crippen molar-refractivity contribution in [1.29, 1.82) is 0 Å². The summed E-state index contributed by atoms with van der Waals surface area (Å²) in [5.41, 5.74) is 2.03. The molecule has 0 atom stereocenters. The molecule has 0 saturated heterocycles. The first-order valence-corrected chi connectivity index (χ1v) is 10.9. The van der Waals surface area contributed by atoms with E-state index in [4.69, 9.17) is 4.52 Å². The maximum absolute atomic E-state index is 12.4. The summed E-state index contributed by atoms with van der Waals surface area (Å²) in [5.74, 6) is -0.247. The number of nitrogens with zero attached hydrogens (tertiary/aromatic N) is 4. The van der Waals surface area contributed by atoms with Crippen LogP contribution in [0.1, 0.15) is 16.3 Å². The van der Waals surface area contributed by atoms with Crippen LogP contribution in [0.4, 0.5) is 5.13 Å². The van der Waals surface area contributed by atoms with Gasteiger partial charge in [0.2, 0.25) is 5.91 Å². The molecule has 11 heteroatoms. The lowest BCUT2D eigenvalue weighted by Gasteiger charge is -2.27. The summed E-state index contributed by atoms with van der Waals surface area (Å²) in [7, 11) is -0.451. The van der Waals surface area contributed by atoms with Crippen molar-refractivity contribution in [2.24, 2.45) is 0 Å². The number of fused-ring (bicyclic) bond motifs is 2. The molecule has 28 heavy (non-hydrogen) atoms. The topological polar surface area (TPSA) is 109 Å². The molecule has 0 saturated carbocycles. The zero-order valence-electron chi connectivity index (χ0n) is 15.4. The van der Waals surface area contributed by atoms with Crippen molar-refractivity contribution in [2.45, 2.75) is 19.4 Å². The van der Waals surface area contributed by atoms with Gasteiger partial charge in [-0.05, 0) is 12.1 Å². The summed E-state index contributed by atoms with van der Waals surface area (Å²) in [4.78, 5) is 17.7. The molecule has 9 nitrogen and oxygen atoms in total. The standard InChI is InChI=1S/C17H19N5O4S2/c1-21(2)28(24,25)22-8-7-12-15(10-22)27-17(18-12)19-16(23)9-13-11-5-3-4-6-14(11)26-20-13/h3-6H,7-10H2,1-2H3,(H,18,19,23). The van der Waals surface area contributed by atoms with Gasteiger partial charge in [-0.2, -0.15) is 17.0 Å². The predicted octanol–water partition coefficient (Wildman–Crippen LogP) is 1.63. The first-order valence-electron chi connectivity index (χ1n) is 8.64. The second-order valence-electron chi connectivity index (χ2n) is 6.61. The van der Waals surface area contributed by atoms with Gasteiger partial charge in [0.05, 0.1) is 18.7 Å². The van der Waals surface area contributed by atoms with Crippen molar-refractivity contribution >= 4 is 43.6 Å². The molecule has 0 unspecified atom stereocenters. The molecule has 3 heterocycles. The average molecular weight is 422 g/mol. The van der Waals surface area contributed by atoms with Gasteiger partial charge in [-0.15, -0.1) is 11.3 Å². The van der Waals surface area contributed by atoms with Crippen molar-refractivity contribution in [3.05, 3.63) is 40.5 Å². The Balaban J connectivity index is 1.46. The summed E-state index contributed by atoms with van der Waals surface area (Å²) in [6.45, 7) is 0.632. The fourth-order valence-electron chi connectivity index (χ4n) is 3.03. The van der Waals surface area contributed by atoms with E-state index in [1.165, 1.54) is 34.0 Å². The molecule has 4 rings (SSSR count). The SMILES string of the molecule is CN(C)S(=O)(=O)N1CCc2nc(NC(=O)Cc3noc4ccccc34)sc2C1. The Bertz CT molecular complexity index is 1140. The van der Waals surface area contributed by atoms with Crippen LogP contribution in [0.15, 0.2) is 28.8 Å². The number of thiazole rings is 1. The third-order valence-electron chi connectivity index (χ3n) is 4.51. The molecule has 0 fully saturated rings. The van der Waals surface area contributed by atoms with Gasteiger partial charge in [0, 0.05) is 37.3 Å². The quantitative estimate of drug-likeness (QED) is 0.671. The number of carbonyl (C=O) groups excluding carboxylic acids is 1. The Kier molecular flexibility index (Phi) is 4.91. The first-order chi connectivity index (χ1) is 13.3. The molecule has 1 aliphatic heterocycles. The van der Waals surface area contributed by atoms with Crippen LogP contribution >= 0.6 is 11.3 Å². The predicted molar refractivity (Wildman–Crippen MR) is 105 cm³/mol. The maximum atomic E-state index is 12.4. The molecule has 0 radical (unpaired) electrons. The van der Waals surface area contributed by atoms with Gasteiger partial charge in [-0.3, -0.25) is 4.79 Å². The number of rotatable bonds is 5. The molecule has 1 aromatic carbocycles. The van der Waals surface area contributed by atoms with Crippen molar-refractivity contribution in [3.8, 4) is 0 Å². The fourth-order valence-corrected chi connectivity index (χ4v) is 5.23. The molecule has 2 aromatic heterocycles. The summed E-state index contributed by atoms with van der Waals surface area (Å²) in [6, 6.07) is 7.36. The summed E-state index contributed by atoms with van der Waals surface area (Å²) < 4.78 is 32.5. The second kappa shape index (κ2) is 7.24. The molecule has 3 aromatic rings. The van der Waals surface area contributed by atoms with E-state index in [1.54, 1.807) is 6.07 Å². The third-order valence-corrected chi connectivity index (χ3v) is 7.40. The van der Waals surface area contributed by atoms with Gasteiger partial charge < -0.3 is 9.84 Å². The zero-order valence-corrected chi connectivity index (χ0v) is 17.0. The molecular formula is C17H19N5O4S2. The number of para-hydroxylation sites is 1. The number of benzene rings is 1. The van der Waals surface area contributed by atoms with Crippen LogP contribution in [0.3, 0.4) is 0 Å². The molecule has 148 valence electrons. The highest BCUT2D eigenvalue weighted by Crippen LogP contribution is 2.30. The normalized spacial score (nSPS) is 15.1. The molecule has 0 spiro atoms. The van der Waals surface area contributed by atoms with Crippen LogP contribution in [-0.2, 0) is 34.4 Å². The number of carbonyl (C=O) groups is 1. The highest BCUT2D eigenvalue weighted by atomic mass is 32.2. The first kappa shape index (κ1) is 19.0. The Hall–Kier alpha value is -2.34. The molecule has 0 aliphatic carbocycles. The van der Waals surface area contributed by atoms with Crippen LogP contribution in [-0.4, -0.2) is 53.7 Å². The van der Waals surface area contributed by atoms with Crippen molar-refractivity contribution in [3.63, 3.8) is 0 Å². The second-order valence-corrected chi connectivity index (χ2v) is 9.84. The van der Waals surface area contributed by atoms with E-state index in [2.05, 4.69) is 15.5 Å². The van der Waals surface area contributed by atoms with Crippen molar-refractivity contribution < 1.29 is 17.7 Å². The van der Waals surface area contributed by atoms with E-state index in [0.717, 1.165) is 16.0 Å². The Morgan fingerprint density at radius 1 is 1.36 bits per heavy atom. The Morgan fingerprint density at radius 3 is 2.93 bits per heavy atom. The lowest BCUT2D eigenvalue weighted by molar-refractivity contribution is -0.115. The number of hydrogen-bond acceptors (Lipinski definition) is 7. The summed E-state index contributed by atoms with van der Waals surface area (Å²) in [5, 5.41) is 8.02. The Labute approximate surface area is 166 Å². The van der Waals surface area contributed by atoms with Crippen molar-refractivity contribution in [1.82, 2.24) is 18.8 Å². The molecule has 0 bridgehead atoms. The molecule has 1 amide bonds. The lowest BCUT2D eigenvalue weighted by Crippen LogP contribution is -2.42. The minimum absolute atomic E-state index is 0.0718. The van der Waals surface area contributed by atoms with E-state index < -0.39 is 10.2 Å². The number of anilines is 1. The van der Waals surface area contributed by atoms with Gasteiger partial charge in [0.25, 0.3) is 10.2 Å². The monoisotopic (exact) mass is 421 g/mol. The maximum Gasteiger partial charge on any atom is 0.281 e. The van der Waals surface area contributed by atoms with Gasteiger partial charge in [0.1, 0.15) is 5.69 Å². The van der Waals surface area contributed by atoms with Crippen LogP contribution in [0.25, 0.3) is 11.0 Å². The Morgan fingerprint density at radius 2 is 2.14 bits per heavy atom. The molecule has 1 N–H and O–H groups in total. The zero-order chi connectivity index (χ0) is 19.9. The van der Waals surface area contributed by atoms with Gasteiger partial charge in [-0.25, -0.2) is 4.98 Å². The highest BCUT2D eigenvalue weighted by Gasteiger charge is 2.30. The number of nitrogens with one attached hydrogen (secondary N) is 1. The molecular weight excluding hydrogens is 402 g/mol. The van der Waals surface area contributed by atoms with E-state index in [9.17, 15) is 13.2 Å². The minimum atomic E-state index is -3.47. The van der Waals surface area contributed by atoms with Crippen LogP contribution < -0.4 is 5.32 Å². The van der Waals surface area contributed by atoms with Gasteiger partial charge in [0.15, 0.2) is 10.7 Å². The largest absolute Gasteiger partial charge is 0.356 e. The van der Waals surface area contributed by atoms with Crippen LogP contribution in [0.5, 0.6) is 0 Å².